The second-order valence-corrected chi connectivity index (χ2v) is 5.76. The minimum absolute atomic E-state index is 1.26. The summed E-state index contributed by atoms with van der Waals surface area (Å²) in [7, 11) is 0. The Bertz CT molecular complexity index is 26.7. The summed E-state index contributed by atoms with van der Waals surface area (Å²) in [6.45, 7) is 2.19. The highest BCUT2D eigenvalue weighted by molar-refractivity contribution is 14.2. The van der Waals surface area contributed by atoms with Crippen LogP contribution in [0.1, 0.15) is 19.8 Å². The SMILES string of the molecule is CCC[C](I)I. The van der Waals surface area contributed by atoms with E-state index in [0.717, 1.165) is 0 Å². The van der Waals surface area contributed by atoms with Gasteiger partial charge in [0.05, 0.1) is 1.93 Å². The number of halogens is 2. The second-order valence-electron chi connectivity index (χ2n) is 1.09. The summed E-state index contributed by atoms with van der Waals surface area (Å²) in [4.78, 5) is 0. The van der Waals surface area contributed by atoms with Crippen LogP contribution in [0.15, 0.2) is 0 Å². The molecule has 0 aliphatic carbocycles. The van der Waals surface area contributed by atoms with E-state index in [1.54, 1.807) is 0 Å². The van der Waals surface area contributed by atoms with Crippen molar-refractivity contribution in [3.8, 4) is 0 Å². The number of hydrogen-bond acceptors (Lipinski definition) is 0. The van der Waals surface area contributed by atoms with E-state index in [1.165, 1.54) is 14.8 Å². The van der Waals surface area contributed by atoms with E-state index in [0.29, 0.717) is 0 Å². The predicted molar refractivity (Wildman–Crippen MR) is 46.2 cm³/mol. The molecular formula is C4H7I2. The Morgan fingerprint density at radius 2 is 2.00 bits per heavy atom. The van der Waals surface area contributed by atoms with Crippen molar-refractivity contribution >= 4 is 45.2 Å². The Labute approximate surface area is 66.4 Å². The molecule has 2 heteroatoms. The lowest BCUT2D eigenvalue weighted by atomic mass is 10.4. The van der Waals surface area contributed by atoms with Gasteiger partial charge in [-0.1, -0.05) is 58.5 Å². The second kappa shape index (κ2) is 4.61. The molecule has 0 fully saturated rings. The monoisotopic (exact) mass is 309 g/mol. The van der Waals surface area contributed by atoms with Gasteiger partial charge in [-0.25, -0.2) is 0 Å². The molecule has 0 aromatic rings. The van der Waals surface area contributed by atoms with Crippen LogP contribution in [-0.4, -0.2) is 0 Å². The third-order valence-corrected chi connectivity index (χ3v) is 1.52. The smallest absolute Gasteiger partial charge is 0.0653 e. The van der Waals surface area contributed by atoms with Gasteiger partial charge in [0.2, 0.25) is 0 Å². The maximum Gasteiger partial charge on any atom is 0.0969 e. The highest BCUT2D eigenvalue weighted by Crippen LogP contribution is 2.24. The normalized spacial score (nSPS) is 10.0. The summed E-state index contributed by atoms with van der Waals surface area (Å²) in [5, 5.41) is 0. The van der Waals surface area contributed by atoms with Crippen molar-refractivity contribution < 1.29 is 0 Å². The molecule has 0 aliphatic heterocycles. The number of hydrogen-bond donors (Lipinski definition) is 0. The molecule has 0 bridgehead atoms. The van der Waals surface area contributed by atoms with Crippen molar-refractivity contribution in [2.24, 2.45) is 0 Å². The molecule has 0 spiro atoms. The zero-order chi connectivity index (χ0) is 4.99. The maximum absolute atomic E-state index is 2.35. The van der Waals surface area contributed by atoms with Crippen LogP contribution in [0, 0.1) is 1.93 Å². The lowest BCUT2D eigenvalue weighted by Crippen LogP contribution is -1.67. The molecular weight excluding hydrogens is 302 g/mol. The van der Waals surface area contributed by atoms with Crippen LogP contribution in [0.3, 0.4) is 0 Å². The summed E-state index contributed by atoms with van der Waals surface area (Å²) in [6.07, 6.45) is 2.54. The van der Waals surface area contributed by atoms with Crippen LogP contribution in [-0.2, 0) is 0 Å². The topological polar surface area (TPSA) is 0 Å². The van der Waals surface area contributed by atoms with Crippen molar-refractivity contribution in [1.29, 1.82) is 0 Å². The predicted octanol–water partition coefficient (Wildman–Crippen LogP) is 3.15. The molecule has 0 amide bonds. The third-order valence-electron chi connectivity index (χ3n) is 0.439. The van der Waals surface area contributed by atoms with E-state index in [1.807, 2.05) is 0 Å². The van der Waals surface area contributed by atoms with Crippen molar-refractivity contribution in [1.82, 2.24) is 0 Å². The molecule has 0 nitrogen and oxygen atoms in total. The van der Waals surface area contributed by atoms with Gasteiger partial charge in [0.1, 0.15) is 0 Å². The van der Waals surface area contributed by atoms with Gasteiger partial charge in [0, 0.05) is 0 Å². The van der Waals surface area contributed by atoms with Crippen LogP contribution in [0.5, 0.6) is 0 Å². The molecule has 0 atom stereocenters. The van der Waals surface area contributed by atoms with Crippen LogP contribution < -0.4 is 0 Å². The zero-order valence-electron chi connectivity index (χ0n) is 3.67. The average molecular weight is 309 g/mol. The molecule has 0 heterocycles. The molecule has 0 aromatic carbocycles. The first-order chi connectivity index (χ1) is 2.77. The lowest BCUT2D eigenvalue weighted by Gasteiger charge is -1.90. The Balaban J connectivity index is 2.63. The maximum atomic E-state index is 2.35. The van der Waals surface area contributed by atoms with Crippen molar-refractivity contribution in [2.75, 3.05) is 0 Å². The van der Waals surface area contributed by atoms with Gasteiger partial charge in [-0.05, 0) is 6.42 Å². The summed E-state index contributed by atoms with van der Waals surface area (Å²) in [6, 6.07) is 0. The first kappa shape index (κ1) is 7.46. The van der Waals surface area contributed by atoms with Gasteiger partial charge in [0.25, 0.3) is 0 Å². The van der Waals surface area contributed by atoms with Crippen LogP contribution in [0.2, 0.25) is 0 Å². The molecule has 0 unspecified atom stereocenters. The molecule has 6 heavy (non-hydrogen) atoms. The van der Waals surface area contributed by atoms with Crippen molar-refractivity contribution in [3.05, 3.63) is 1.93 Å². The van der Waals surface area contributed by atoms with E-state index in [4.69, 9.17) is 0 Å². The fourth-order valence-electron chi connectivity index (χ4n) is 0.189. The van der Waals surface area contributed by atoms with E-state index < -0.39 is 0 Å². The zero-order valence-corrected chi connectivity index (χ0v) is 7.99. The van der Waals surface area contributed by atoms with Gasteiger partial charge in [-0.15, -0.1) is 0 Å². The first-order valence-corrected chi connectivity index (χ1v) is 4.10. The van der Waals surface area contributed by atoms with Crippen LogP contribution >= 0.6 is 45.2 Å². The fourth-order valence-corrected chi connectivity index (χ4v) is 1.27. The van der Waals surface area contributed by atoms with Gasteiger partial charge in [0.15, 0.2) is 0 Å². The molecule has 0 saturated heterocycles. The summed E-state index contributed by atoms with van der Waals surface area (Å²) in [5.41, 5.74) is 0. The van der Waals surface area contributed by atoms with Crippen molar-refractivity contribution in [2.45, 2.75) is 19.8 Å². The quantitative estimate of drug-likeness (QED) is 0.688. The third kappa shape index (κ3) is 5.46. The Morgan fingerprint density at radius 1 is 1.50 bits per heavy atom. The standard InChI is InChI=1S/C4H7I2/c1-2-3-4(5)6/h2-3H2,1H3. The Kier molecular flexibility index (Phi) is 5.74. The Hall–Kier alpha value is 1.46. The summed E-state index contributed by atoms with van der Waals surface area (Å²) < 4.78 is 1.48. The molecule has 37 valence electrons. The fraction of sp³-hybridized carbons (Fsp3) is 0.750. The summed E-state index contributed by atoms with van der Waals surface area (Å²) >= 11 is 4.69. The highest BCUT2D eigenvalue weighted by Gasteiger charge is 1.91. The van der Waals surface area contributed by atoms with Crippen molar-refractivity contribution in [3.63, 3.8) is 0 Å². The van der Waals surface area contributed by atoms with Crippen LogP contribution in [0.4, 0.5) is 0 Å². The average Bonchev–Trinajstić information content (AvgIpc) is 1.35. The minimum atomic E-state index is 1.26. The first-order valence-electron chi connectivity index (χ1n) is 1.94. The van der Waals surface area contributed by atoms with Gasteiger partial charge < -0.3 is 0 Å². The minimum Gasteiger partial charge on any atom is -0.0653 e. The molecule has 1 radical (unpaired) electrons. The molecule has 0 saturated carbocycles. The largest absolute Gasteiger partial charge is 0.0969 e. The lowest BCUT2D eigenvalue weighted by molar-refractivity contribution is 0.946. The highest BCUT2D eigenvalue weighted by atomic mass is 127. The number of rotatable bonds is 2. The molecule has 0 aliphatic rings. The Morgan fingerprint density at radius 3 is 2.00 bits per heavy atom. The van der Waals surface area contributed by atoms with Crippen LogP contribution in [0.25, 0.3) is 0 Å². The summed E-state index contributed by atoms with van der Waals surface area (Å²) in [5.74, 6) is 0. The van der Waals surface area contributed by atoms with Gasteiger partial charge in [-0.3, -0.25) is 0 Å². The van der Waals surface area contributed by atoms with E-state index in [-0.39, 0.29) is 0 Å². The molecule has 0 aromatic heterocycles. The van der Waals surface area contributed by atoms with E-state index >= 15 is 0 Å². The van der Waals surface area contributed by atoms with Gasteiger partial charge >= 0.3 is 0 Å². The molecule has 0 N–H and O–H groups in total. The van der Waals surface area contributed by atoms with E-state index in [9.17, 15) is 0 Å². The molecule has 0 rings (SSSR count). The van der Waals surface area contributed by atoms with Gasteiger partial charge in [-0.2, -0.15) is 0 Å². The van der Waals surface area contributed by atoms with E-state index in [2.05, 4.69) is 52.1 Å².